The average Bonchev–Trinajstić information content (AvgIpc) is 3.65. The molecule has 1 atom stereocenters. The molecule has 2 fully saturated rings. The van der Waals surface area contributed by atoms with Crippen molar-refractivity contribution in [3.05, 3.63) is 70.3 Å². The predicted molar refractivity (Wildman–Crippen MR) is 150 cm³/mol. The van der Waals surface area contributed by atoms with Crippen molar-refractivity contribution in [1.82, 2.24) is 9.78 Å². The van der Waals surface area contributed by atoms with Gasteiger partial charge in [-0.25, -0.2) is 13.9 Å². The molecule has 6 rings (SSSR count). The number of ether oxygens (including phenoxy) is 1. The van der Waals surface area contributed by atoms with Crippen LogP contribution in [0.1, 0.15) is 80.7 Å². The van der Waals surface area contributed by atoms with E-state index in [-0.39, 0.29) is 23.3 Å². The molecule has 0 saturated heterocycles. The number of carbonyl (C=O) groups is 2. The van der Waals surface area contributed by atoms with E-state index in [1.54, 1.807) is 0 Å². The monoisotopic (exact) mass is 565 g/mol. The Morgan fingerprint density at radius 2 is 1.77 bits per heavy atom. The maximum absolute atomic E-state index is 15.2. The van der Waals surface area contributed by atoms with Crippen molar-refractivity contribution in [1.29, 1.82) is 0 Å². The second kappa shape index (κ2) is 10.9. The van der Waals surface area contributed by atoms with E-state index in [4.69, 9.17) is 21.4 Å². The Kier molecular flexibility index (Phi) is 7.29. The lowest BCUT2D eigenvalue weighted by atomic mass is 9.76. The molecule has 210 valence electrons. The number of anilines is 1. The number of aliphatic carboxylic acids is 1. The first kappa shape index (κ1) is 26.8. The van der Waals surface area contributed by atoms with Crippen LogP contribution < -0.4 is 10.1 Å². The maximum Gasteiger partial charge on any atom is 0.348 e. The molecule has 2 aromatic carbocycles. The summed E-state index contributed by atoms with van der Waals surface area (Å²) < 4.78 is 22.7. The van der Waals surface area contributed by atoms with Crippen LogP contribution in [0.5, 0.6) is 5.75 Å². The molecule has 0 bridgehead atoms. The molecule has 2 saturated carbocycles. The minimum absolute atomic E-state index is 0.0461. The Bertz CT molecular complexity index is 1430. The summed E-state index contributed by atoms with van der Waals surface area (Å²) in [5, 5.41) is 17.9. The molecule has 9 heteroatoms. The fourth-order valence-electron chi connectivity index (χ4n) is 6.28. The van der Waals surface area contributed by atoms with Crippen LogP contribution in [-0.4, -0.2) is 32.4 Å². The number of hydrogen-bond donors (Lipinski definition) is 2. The number of halogens is 2. The smallest absolute Gasteiger partial charge is 0.348 e. The van der Waals surface area contributed by atoms with Gasteiger partial charge in [0.15, 0.2) is 0 Å². The van der Waals surface area contributed by atoms with Crippen LogP contribution in [0.3, 0.4) is 0 Å². The summed E-state index contributed by atoms with van der Waals surface area (Å²) in [7, 11) is 0. The molecule has 0 aliphatic heterocycles. The number of amides is 1. The van der Waals surface area contributed by atoms with Crippen LogP contribution in [-0.2, 0) is 22.4 Å². The van der Waals surface area contributed by atoms with Crippen LogP contribution in [0, 0.1) is 11.7 Å². The fourth-order valence-corrected chi connectivity index (χ4v) is 6.40. The topological polar surface area (TPSA) is 93.4 Å². The molecule has 3 aromatic rings. The van der Waals surface area contributed by atoms with Gasteiger partial charge in [-0.15, -0.1) is 0 Å². The highest BCUT2D eigenvalue weighted by molar-refractivity contribution is 6.30. The van der Waals surface area contributed by atoms with Crippen LogP contribution in [0.4, 0.5) is 10.1 Å². The Hall–Kier alpha value is -3.39. The Labute approximate surface area is 237 Å². The standard InChI is InChI=1S/C31H33ClFN3O4/c32-20-10-12-21(13-11-20)36-28(23-8-4-5-9-25(23)35-36)27(19-6-2-1-3-7-19)29(37)34-26-15-14-22(18-24(26)33)40-31(16-17-31)30(38)39/h10-15,18-19,27H,1-9,16-17H2,(H,34,37)(H,38,39)/t27-/m0/s1. The summed E-state index contributed by atoms with van der Waals surface area (Å²) in [5.41, 5.74) is 2.69. The first-order valence-corrected chi connectivity index (χ1v) is 14.6. The van der Waals surface area contributed by atoms with Gasteiger partial charge in [-0.3, -0.25) is 4.79 Å². The Morgan fingerprint density at radius 1 is 1.05 bits per heavy atom. The molecule has 1 amide bonds. The van der Waals surface area contributed by atoms with Gasteiger partial charge >= 0.3 is 5.97 Å². The van der Waals surface area contributed by atoms with Gasteiger partial charge in [0, 0.05) is 23.9 Å². The van der Waals surface area contributed by atoms with Crippen molar-refractivity contribution in [3.8, 4) is 11.4 Å². The highest BCUT2D eigenvalue weighted by atomic mass is 35.5. The molecule has 40 heavy (non-hydrogen) atoms. The second-order valence-corrected chi connectivity index (χ2v) is 11.8. The first-order chi connectivity index (χ1) is 19.3. The van der Waals surface area contributed by atoms with Gasteiger partial charge in [0.2, 0.25) is 11.5 Å². The van der Waals surface area contributed by atoms with Gasteiger partial charge in [0.25, 0.3) is 0 Å². The second-order valence-electron chi connectivity index (χ2n) is 11.3. The molecular weight excluding hydrogens is 533 g/mol. The highest BCUT2D eigenvalue weighted by Crippen LogP contribution is 2.43. The van der Waals surface area contributed by atoms with Crippen LogP contribution in [0.2, 0.25) is 5.02 Å². The summed E-state index contributed by atoms with van der Waals surface area (Å²) in [5.74, 6) is -2.23. The minimum Gasteiger partial charge on any atom is -0.478 e. The predicted octanol–water partition coefficient (Wildman–Crippen LogP) is 6.84. The zero-order chi connectivity index (χ0) is 27.9. The van der Waals surface area contributed by atoms with Crippen molar-refractivity contribution in [3.63, 3.8) is 0 Å². The third kappa shape index (κ3) is 5.21. The minimum atomic E-state index is -1.28. The number of carboxylic acid groups (broad SMARTS) is 1. The lowest BCUT2D eigenvalue weighted by Crippen LogP contribution is -2.32. The molecule has 1 aromatic heterocycles. The van der Waals surface area contributed by atoms with E-state index >= 15 is 4.39 Å². The van der Waals surface area contributed by atoms with Crippen molar-refractivity contribution < 1.29 is 23.8 Å². The highest BCUT2D eigenvalue weighted by Gasteiger charge is 2.53. The van der Waals surface area contributed by atoms with E-state index in [9.17, 15) is 14.7 Å². The van der Waals surface area contributed by atoms with Crippen molar-refractivity contribution in [2.75, 3.05) is 5.32 Å². The van der Waals surface area contributed by atoms with Crippen LogP contribution in [0.15, 0.2) is 42.5 Å². The zero-order valence-corrected chi connectivity index (χ0v) is 23.1. The zero-order valence-electron chi connectivity index (χ0n) is 22.3. The number of rotatable bonds is 8. The Morgan fingerprint density at radius 3 is 2.45 bits per heavy atom. The normalized spacial score (nSPS) is 18.9. The van der Waals surface area contributed by atoms with E-state index in [1.165, 1.54) is 12.1 Å². The number of benzene rings is 2. The molecule has 0 radical (unpaired) electrons. The molecule has 3 aliphatic carbocycles. The van der Waals surface area contributed by atoms with Gasteiger partial charge in [-0.2, -0.15) is 5.10 Å². The van der Waals surface area contributed by atoms with Crippen LogP contribution in [0.25, 0.3) is 5.69 Å². The third-order valence-electron chi connectivity index (χ3n) is 8.57. The number of nitrogens with one attached hydrogen (secondary N) is 1. The molecule has 1 heterocycles. The number of carbonyl (C=O) groups excluding carboxylic acids is 1. The van der Waals surface area contributed by atoms with Gasteiger partial charge in [0.1, 0.15) is 11.6 Å². The van der Waals surface area contributed by atoms with Gasteiger partial charge in [-0.05, 0) is 86.4 Å². The summed E-state index contributed by atoms with van der Waals surface area (Å²) in [6, 6.07) is 11.6. The van der Waals surface area contributed by atoms with Crippen molar-refractivity contribution in [2.45, 2.75) is 82.1 Å². The van der Waals surface area contributed by atoms with Crippen LogP contribution >= 0.6 is 11.6 Å². The summed E-state index contributed by atoms with van der Waals surface area (Å²) in [6.45, 7) is 0. The molecule has 0 spiro atoms. The Balaban J connectivity index is 1.35. The largest absolute Gasteiger partial charge is 0.478 e. The van der Waals surface area contributed by atoms with E-state index in [0.717, 1.165) is 86.5 Å². The maximum atomic E-state index is 15.2. The SMILES string of the molecule is O=C(Nc1ccc(OC2(C(=O)O)CC2)cc1F)[C@H](c1c2c(nn1-c1ccc(Cl)cc1)CCCC2)C1CCCCC1. The third-order valence-corrected chi connectivity index (χ3v) is 8.82. The lowest BCUT2D eigenvalue weighted by molar-refractivity contribution is -0.147. The number of carboxylic acids is 1. The van der Waals surface area contributed by atoms with Crippen molar-refractivity contribution in [2.24, 2.45) is 5.92 Å². The van der Waals surface area contributed by atoms with E-state index < -0.39 is 23.3 Å². The van der Waals surface area contributed by atoms with Gasteiger partial charge in [0.05, 0.1) is 28.7 Å². The fraction of sp³-hybridized carbons (Fsp3) is 0.452. The summed E-state index contributed by atoms with van der Waals surface area (Å²) >= 11 is 6.18. The molecule has 7 nitrogen and oxygen atoms in total. The number of hydrogen-bond acceptors (Lipinski definition) is 4. The van der Waals surface area contributed by atoms with E-state index in [0.29, 0.717) is 17.9 Å². The average molecular weight is 566 g/mol. The number of aryl methyl sites for hydroxylation is 1. The molecular formula is C31H33ClFN3O4. The summed E-state index contributed by atoms with van der Waals surface area (Å²) in [4.78, 5) is 25.6. The summed E-state index contributed by atoms with van der Waals surface area (Å²) in [6.07, 6.45) is 9.70. The number of aromatic nitrogens is 2. The van der Waals surface area contributed by atoms with E-state index in [1.807, 2.05) is 28.9 Å². The first-order valence-electron chi connectivity index (χ1n) is 14.2. The van der Waals surface area contributed by atoms with Crippen molar-refractivity contribution >= 4 is 29.2 Å². The number of fused-ring (bicyclic) bond motifs is 1. The van der Waals surface area contributed by atoms with E-state index in [2.05, 4.69) is 5.32 Å². The molecule has 3 aliphatic rings. The molecule has 0 unspecified atom stereocenters. The quantitative estimate of drug-likeness (QED) is 0.312. The lowest BCUT2D eigenvalue weighted by Gasteiger charge is -2.31. The van der Waals surface area contributed by atoms with Gasteiger partial charge in [-0.1, -0.05) is 30.9 Å². The molecule has 2 N–H and O–H groups in total. The number of nitrogens with zero attached hydrogens (tertiary/aromatic N) is 2. The van der Waals surface area contributed by atoms with Gasteiger partial charge < -0.3 is 15.2 Å².